The van der Waals surface area contributed by atoms with Crippen LogP contribution in [-0.2, 0) is 0 Å². The Morgan fingerprint density at radius 3 is 1.88 bits per heavy atom. The molecule has 26 heavy (non-hydrogen) atoms. The number of benzene rings is 3. The van der Waals surface area contributed by atoms with E-state index in [9.17, 15) is 0 Å². The van der Waals surface area contributed by atoms with Crippen LogP contribution in [0, 0.1) is 6.92 Å². The van der Waals surface area contributed by atoms with E-state index in [1.165, 1.54) is 16.3 Å². The zero-order chi connectivity index (χ0) is 19.9. The molecule has 0 saturated heterocycles. The van der Waals surface area contributed by atoms with Crippen molar-refractivity contribution in [2.45, 2.75) is 41.5 Å². The maximum absolute atomic E-state index is 3.90. The van der Waals surface area contributed by atoms with Gasteiger partial charge in [-0.05, 0) is 40.6 Å². The number of hydrogen-bond donors (Lipinski definition) is 0. The van der Waals surface area contributed by atoms with Crippen molar-refractivity contribution in [1.82, 2.24) is 0 Å². The lowest BCUT2D eigenvalue weighted by Crippen LogP contribution is -2.21. The molecule has 0 aliphatic heterocycles. The second kappa shape index (κ2) is 13.7. The molecular weight excluding hydrogens is 312 g/mol. The van der Waals surface area contributed by atoms with Crippen LogP contribution >= 0.6 is 0 Å². The first-order valence-corrected chi connectivity index (χ1v) is 9.43. The predicted molar refractivity (Wildman–Crippen MR) is 122 cm³/mol. The van der Waals surface area contributed by atoms with Crippen LogP contribution in [0.3, 0.4) is 0 Å². The number of rotatable bonds is 1. The average molecular weight is 347 g/mol. The highest BCUT2D eigenvalue weighted by molar-refractivity contribution is 5.85. The number of aryl methyl sites for hydroxylation is 1. The molecule has 3 aromatic rings. The van der Waals surface area contributed by atoms with E-state index in [0.29, 0.717) is 0 Å². The van der Waals surface area contributed by atoms with E-state index in [-0.39, 0.29) is 0 Å². The third kappa shape index (κ3) is 7.98. The lowest BCUT2D eigenvalue weighted by atomic mass is 10.1. The van der Waals surface area contributed by atoms with Gasteiger partial charge < -0.3 is 0 Å². The second-order valence-corrected chi connectivity index (χ2v) is 5.49. The third-order valence-electron chi connectivity index (χ3n) is 3.46. The summed E-state index contributed by atoms with van der Waals surface area (Å²) in [7, 11) is 0. The standard InChI is InChI=1S/C11H10.C11H12.2C2H6/c1-9-5-4-7-10-6-2-3-8-11(9)10;1-9(2)8-11-7-5-4-6-10(11)3;2*1-2/h2-8H,1H3;4-8H,1,3H2,2H3;2*1-2H3/b;11-8-;;. The second-order valence-electron chi connectivity index (χ2n) is 5.49. The summed E-state index contributed by atoms with van der Waals surface area (Å²) in [6.07, 6.45) is 2.03. The molecule has 0 heteroatoms. The van der Waals surface area contributed by atoms with Crippen LogP contribution in [0.5, 0.6) is 0 Å². The van der Waals surface area contributed by atoms with Gasteiger partial charge in [0.05, 0.1) is 0 Å². The number of fused-ring (bicyclic) bond motifs is 1. The Bertz CT molecular complexity index is 880. The highest BCUT2D eigenvalue weighted by Gasteiger charge is 1.92. The van der Waals surface area contributed by atoms with Crippen molar-refractivity contribution in [3.05, 3.63) is 94.9 Å². The molecule has 0 unspecified atom stereocenters. The third-order valence-corrected chi connectivity index (χ3v) is 3.46. The topological polar surface area (TPSA) is 0 Å². The minimum Gasteiger partial charge on any atom is -0.0961 e. The lowest BCUT2D eigenvalue weighted by Gasteiger charge is -1.98. The Balaban J connectivity index is 0.000000404. The van der Waals surface area contributed by atoms with E-state index in [4.69, 9.17) is 0 Å². The van der Waals surface area contributed by atoms with Crippen LogP contribution in [0.1, 0.15) is 40.2 Å². The van der Waals surface area contributed by atoms with Crippen molar-refractivity contribution in [2.75, 3.05) is 0 Å². The average Bonchev–Trinajstić information content (AvgIpc) is 2.68. The van der Waals surface area contributed by atoms with E-state index in [1.54, 1.807) is 0 Å². The summed E-state index contributed by atoms with van der Waals surface area (Å²) >= 11 is 0. The molecule has 0 aliphatic carbocycles. The van der Waals surface area contributed by atoms with Crippen LogP contribution in [0.4, 0.5) is 0 Å². The quantitative estimate of drug-likeness (QED) is 0.462. The Hall–Kier alpha value is -2.60. The molecule has 0 amide bonds. The molecule has 0 atom stereocenters. The summed E-state index contributed by atoms with van der Waals surface area (Å²) in [6.45, 7) is 19.8. The molecule has 0 aliphatic rings. The van der Waals surface area contributed by atoms with Gasteiger partial charge in [-0.1, -0.05) is 119 Å². The van der Waals surface area contributed by atoms with Gasteiger partial charge in [-0.25, -0.2) is 0 Å². The molecule has 0 radical (unpaired) electrons. The Kier molecular flexibility index (Phi) is 12.3. The summed E-state index contributed by atoms with van der Waals surface area (Å²) in [6, 6.07) is 22.8. The van der Waals surface area contributed by atoms with Crippen molar-refractivity contribution in [3.8, 4) is 0 Å². The fourth-order valence-corrected chi connectivity index (χ4v) is 2.33. The van der Waals surface area contributed by atoms with Crippen molar-refractivity contribution in [1.29, 1.82) is 0 Å². The van der Waals surface area contributed by atoms with Crippen molar-refractivity contribution < 1.29 is 0 Å². The van der Waals surface area contributed by atoms with Gasteiger partial charge in [-0.2, -0.15) is 0 Å². The molecule has 138 valence electrons. The van der Waals surface area contributed by atoms with E-state index in [2.05, 4.69) is 62.5 Å². The van der Waals surface area contributed by atoms with Gasteiger partial charge in [0.25, 0.3) is 0 Å². The van der Waals surface area contributed by atoms with E-state index in [0.717, 1.165) is 16.0 Å². The van der Waals surface area contributed by atoms with Crippen LogP contribution < -0.4 is 10.4 Å². The summed E-state index contributed by atoms with van der Waals surface area (Å²) in [5, 5.41) is 4.89. The maximum Gasteiger partial charge on any atom is -0.0155 e. The summed E-state index contributed by atoms with van der Waals surface area (Å²) in [5.41, 5.74) is 2.41. The molecule has 3 aromatic carbocycles. The molecule has 0 heterocycles. The van der Waals surface area contributed by atoms with Crippen LogP contribution in [-0.4, -0.2) is 0 Å². The zero-order valence-corrected chi connectivity index (χ0v) is 17.3. The van der Waals surface area contributed by atoms with Gasteiger partial charge >= 0.3 is 0 Å². The minimum atomic E-state index is 1.05. The summed E-state index contributed by atoms with van der Waals surface area (Å²) in [5.74, 6) is 0. The number of allylic oxidation sites excluding steroid dienone is 1. The van der Waals surface area contributed by atoms with Crippen molar-refractivity contribution >= 4 is 23.4 Å². The summed E-state index contributed by atoms with van der Waals surface area (Å²) in [4.78, 5) is 0. The van der Waals surface area contributed by atoms with Gasteiger partial charge in [-0.3, -0.25) is 0 Å². The van der Waals surface area contributed by atoms with Gasteiger partial charge in [0.2, 0.25) is 0 Å². The smallest absolute Gasteiger partial charge is 0.0155 e. The van der Waals surface area contributed by atoms with Gasteiger partial charge in [0.1, 0.15) is 0 Å². The Morgan fingerprint density at radius 2 is 1.31 bits per heavy atom. The maximum atomic E-state index is 3.90. The first kappa shape index (κ1) is 23.4. The molecule has 0 spiro atoms. The highest BCUT2D eigenvalue weighted by Crippen LogP contribution is 2.16. The SMILES string of the molecule is C=C(C)/C=c1/ccccc1=C.CC.CC.Cc1cccc2ccccc12. The van der Waals surface area contributed by atoms with Crippen molar-refractivity contribution in [2.24, 2.45) is 0 Å². The molecule has 3 rings (SSSR count). The van der Waals surface area contributed by atoms with Crippen molar-refractivity contribution in [3.63, 3.8) is 0 Å². The molecule has 0 nitrogen and oxygen atoms in total. The van der Waals surface area contributed by atoms with Crippen LogP contribution in [0.2, 0.25) is 0 Å². The largest absolute Gasteiger partial charge is 0.0961 e. The monoisotopic (exact) mass is 346 g/mol. The highest BCUT2D eigenvalue weighted by atomic mass is 14.0. The molecule has 0 saturated carbocycles. The lowest BCUT2D eigenvalue weighted by molar-refractivity contribution is 1.50. The normalized spacial score (nSPS) is 9.69. The first-order chi connectivity index (χ1) is 12.6. The predicted octanol–water partition coefficient (Wildman–Crippen LogP) is 6.65. The van der Waals surface area contributed by atoms with Gasteiger partial charge in [0.15, 0.2) is 0 Å². The Morgan fingerprint density at radius 1 is 0.769 bits per heavy atom. The van der Waals surface area contributed by atoms with Crippen LogP contribution in [0.25, 0.3) is 23.4 Å². The Labute approximate surface area is 160 Å². The zero-order valence-electron chi connectivity index (χ0n) is 17.3. The van der Waals surface area contributed by atoms with E-state index < -0.39 is 0 Å². The molecule has 0 fully saturated rings. The molecule has 0 bridgehead atoms. The molecule has 0 aromatic heterocycles. The molecular formula is C26H34. The first-order valence-electron chi connectivity index (χ1n) is 9.43. The van der Waals surface area contributed by atoms with E-state index >= 15 is 0 Å². The summed E-state index contributed by atoms with van der Waals surface area (Å²) < 4.78 is 0. The number of hydrogen-bond acceptors (Lipinski definition) is 0. The fourth-order valence-electron chi connectivity index (χ4n) is 2.33. The minimum absolute atomic E-state index is 1.05. The van der Waals surface area contributed by atoms with E-state index in [1.807, 2.05) is 65.0 Å². The fraction of sp³-hybridized carbons (Fsp3) is 0.231. The van der Waals surface area contributed by atoms with Gasteiger partial charge in [0, 0.05) is 0 Å². The molecule has 0 N–H and O–H groups in total. The van der Waals surface area contributed by atoms with Crippen LogP contribution in [0.15, 0.2) is 78.9 Å². The van der Waals surface area contributed by atoms with Gasteiger partial charge in [-0.15, -0.1) is 0 Å².